The van der Waals surface area contributed by atoms with Crippen LogP contribution in [0, 0.1) is 0 Å². The zero-order valence-corrected chi connectivity index (χ0v) is 19.2. The molecule has 0 saturated carbocycles. The number of hydrogen-bond acceptors (Lipinski definition) is 9. The number of alkyl halides is 3. The zero-order chi connectivity index (χ0) is 22.5. The van der Waals surface area contributed by atoms with Gasteiger partial charge in [0.05, 0.1) is 6.61 Å². The van der Waals surface area contributed by atoms with Crippen LogP contribution in [0.15, 0.2) is 17.1 Å². The fraction of sp³-hybridized carbons (Fsp3) is 0.733. The highest BCUT2D eigenvalue weighted by atomic mass is 35.6. The third-order valence-electron chi connectivity index (χ3n) is 4.11. The van der Waals surface area contributed by atoms with E-state index in [1.54, 1.807) is 0 Å². The lowest BCUT2D eigenvalue weighted by Gasteiger charge is -2.23. The fourth-order valence-corrected chi connectivity index (χ4v) is 4.36. The molecular formula is C15H24Cl3N4O7P. The van der Waals surface area contributed by atoms with Crippen LogP contribution in [-0.4, -0.2) is 61.6 Å². The summed E-state index contributed by atoms with van der Waals surface area (Å²) in [5.74, 6) is -0.00522. The monoisotopic (exact) mass is 508 g/mol. The van der Waals surface area contributed by atoms with E-state index in [1.807, 2.05) is 6.92 Å². The molecular weight excluding hydrogens is 486 g/mol. The molecule has 5 atom stereocenters. The molecule has 172 valence electrons. The maximum absolute atomic E-state index is 12.9. The molecule has 2 heterocycles. The first-order valence-electron chi connectivity index (χ1n) is 9.03. The molecule has 0 spiro atoms. The number of nitrogens with one attached hydrogen (secondary N) is 1. The smallest absolute Gasteiger partial charge is 0.387 e. The number of unbranched alkanes of at least 4 members (excludes halogenated alkanes) is 1. The van der Waals surface area contributed by atoms with Crippen LogP contribution < -0.4 is 16.5 Å². The Balaban J connectivity index is 2.06. The summed E-state index contributed by atoms with van der Waals surface area (Å²) in [7, 11) is -3.93. The van der Waals surface area contributed by atoms with Crippen molar-refractivity contribution >= 4 is 48.4 Å². The van der Waals surface area contributed by atoms with Gasteiger partial charge >= 0.3 is 13.4 Å². The van der Waals surface area contributed by atoms with Gasteiger partial charge in [-0.15, -0.1) is 0 Å². The van der Waals surface area contributed by atoms with E-state index in [2.05, 4.69) is 10.1 Å². The van der Waals surface area contributed by atoms with Crippen LogP contribution in [0.5, 0.6) is 0 Å². The van der Waals surface area contributed by atoms with E-state index < -0.39 is 55.0 Å². The van der Waals surface area contributed by atoms with Crippen molar-refractivity contribution in [1.29, 1.82) is 0 Å². The van der Waals surface area contributed by atoms with Gasteiger partial charge in [-0.1, -0.05) is 48.1 Å². The number of nitrogens with two attached hydrogens (primary N) is 1. The molecule has 15 heteroatoms. The first-order chi connectivity index (χ1) is 14.0. The number of aliphatic hydroxyl groups excluding tert-OH is 2. The molecule has 1 aliphatic rings. The summed E-state index contributed by atoms with van der Waals surface area (Å²) in [6, 6.07) is 1.34. The van der Waals surface area contributed by atoms with E-state index in [9.17, 15) is 19.6 Å². The highest BCUT2D eigenvalue weighted by Crippen LogP contribution is 2.46. The molecule has 1 fully saturated rings. The normalized spacial score (nSPS) is 26.6. The van der Waals surface area contributed by atoms with E-state index in [4.69, 9.17) is 54.3 Å². The average molecular weight is 510 g/mol. The van der Waals surface area contributed by atoms with Crippen molar-refractivity contribution in [3.63, 3.8) is 0 Å². The van der Waals surface area contributed by atoms with Crippen LogP contribution in [-0.2, 0) is 18.3 Å². The molecule has 0 bridgehead atoms. The van der Waals surface area contributed by atoms with Crippen molar-refractivity contribution < 1.29 is 28.6 Å². The number of nitrogen functional groups attached to an aromatic ring is 1. The molecule has 0 radical (unpaired) electrons. The van der Waals surface area contributed by atoms with Crippen LogP contribution in [0.2, 0.25) is 0 Å². The molecule has 1 aliphatic heterocycles. The van der Waals surface area contributed by atoms with Crippen LogP contribution in [0.4, 0.5) is 5.82 Å². The molecule has 5 N–H and O–H groups in total. The predicted molar refractivity (Wildman–Crippen MR) is 112 cm³/mol. The lowest BCUT2D eigenvalue weighted by Crippen LogP contribution is -2.36. The van der Waals surface area contributed by atoms with E-state index >= 15 is 0 Å². The van der Waals surface area contributed by atoms with Gasteiger partial charge in [0.2, 0.25) is 3.79 Å². The Morgan fingerprint density at radius 1 is 1.37 bits per heavy atom. The number of rotatable bonds is 10. The van der Waals surface area contributed by atoms with Crippen LogP contribution in [0.3, 0.4) is 0 Å². The second-order valence-corrected chi connectivity index (χ2v) is 10.9. The number of halogens is 3. The molecule has 11 nitrogen and oxygen atoms in total. The first-order valence-corrected chi connectivity index (χ1v) is 11.7. The van der Waals surface area contributed by atoms with Crippen molar-refractivity contribution in [2.24, 2.45) is 0 Å². The number of anilines is 1. The van der Waals surface area contributed by atoms with E-state index in [-0.39, 0.29) is 5.82 Å². The minimum Gasteiger partial charge on any atom is -0.387 e. The van der Waals surface area contributed by atoms with Crippen molar-refractivity contribution in [3.8, 4) is 0 Å². The van der Waals surface area contributed by atoms with E-state index in [1.165, 1.54) is 12.3 Å². The SMILES string of the molecule is CCCCNP(=O)(OC[C@H]1OC(n2ccc(N)nc2=O)[C@@H](O)[C@@H]1O)OCC(Cl)(Cl)Cl. The Labute approximate surface area is 187 Å². The van der Waals surface area contributed by atoms with Crippen molar-refractivity contribution in [2.45, 2.75) is 48.1 Å². The van der Waals surface area contributed by atoms with Crippen LogP contribution >= 0.6 is 42.5 Å². The fourth-order valence-electron chi connectivity index (χ4n) is 2.57. The molecule has 1 aromatic heterocycles. The van der Waals surface area contributed by atoms with Gasteiger partial charge in [0, 0.05) is 12.7 Å². The Morgan fingerprint density at radius 3 is 2.67 bits per heavy atom. The maximum Gasteiger partial charge on any atom is 0.405 e. The summed E-state index contributed by atoms with van der Waals surface area (Å²) < 4.78 is 28.1. The van der Waals surface area contributed by atoms with Crippen molar-refractivity contribution in [3.05, 3.63) is 22.7 Å². The third kappa shape index (κ3) is 7.30. The van der Waals surface area contributed by atoms with Gasteiger partial charge in [0.15, 0.2) is 6.23 Å². The second kappa shape index (κ2) is 10.9. The summed E-state index contributed by atoms with van der Waals surface area (Å²) in [5, 5.41) is 23.2. The number of aliphatic hydroxyl groups is 2. The Kier molecular flexibility index (Phi) is 9.38. The minimum atomic E-state index is -3.93. The highest BCUT2D eigenvalue weighted by molar-refractivity contribution is 7.51. The lowest BCUT2D eigenvalue weighted by molar-refractivity contribution is -0.0533. The highest BCUT2D eigenvalue weighted by Gasteiger charge is 2.45. The standard InChI is InChI=1S/C15H24Cl3N4O7P/c1-2-3-5-20-30(26,28-8-15(16,17)18)27-7-9-11(23)12(24)13(29-9)22-6-4-10(19)21-14(22)25/h4,6,9,11-13,23-24H,2-3,5,7-8H2,1H3,(H,20,26)(H2,19,21,25)/t9-,11-,12+,13?,30?/m1/s1. The van der Waals surface area contributed by atoms with Gasteiger partial charge in [-0.3, -0.25) is 13.6 Å². The quantitative estimate of drug-likeness (QED) is 0.206. The zero-order valence-electron chi connectivity index (χ0n) is 16.0. The molecule has 0 aromatic carbocycles. The topological polar surface area (TPSA) is 158 Å². The Bertz CT molecular complexity index is 809. The van der Waals surface area contributed by atoms with E-state index in [0.29, 0.717) is 13.0 Å². The molecule has 1 saturated heterocycles. The summed E-state index contributed by atoms with van der Waals surface area (Å²) in [6.45, 7) is 1.29. The van der Waals surface area contributed by atoms with Crippen LogP contribution in [0.25, 0.3) is 0 Å². The molecule has 1 aromatic rings. The number of nitrogens with zero attached hydrogens (tertiary/aromatic N) is 2. The lowest BCUT2D eigenvalue weighted by atomic mass is 10.1. The van der Waals surface area contributed by atoms with Crippen molar-refractivity contribution in [1.82, 2.24) is 14.6 Å². The largest absolute Gasteiger partial charge is 0.405 e. The predicted octanol–water partition coefficient (Wildman–Crippen LogP) is 1.35. The Morgan fingerprint density at radius 2 is 2.07 bits per heavy atom. The Hall–Kier alpha value is -0.460. The van der Waals surface area contributed by atoms with Crippen LogP contribution in [0.1, 0.15) is 26.0 Å². The number of hydrogen-bond donors (Lipinski definition) is 4. The van der Waals surface area contributed by atoms with Gasteiger partial charge in [0.1, 0.15) is 30.7 Å². The molecule has 2 rings (SSSR count). The number of ether oxygens (including phenoxy) is 1. The number of aromatic nitrogens is 2. The second-order valence-electron chi connectivity index (χ2n) is 6.53. The van der Waals surface area contributed by atoms with Gasteiger partial charge in [-0.05, 0) is 12.5 Å². The minimum absolute atomic E-state index is 0.00522. The average Bonchev–Trinajstić information content (AvgIpc) is 2.93. The molecule has 0 aliphatic carbocycles. The van der Waals surface area contributed by atoms with E-state index in [0.717, 1.165) is 11.0 Å². The summed E-state index contributed by atoms with van der Waals surface area (Å²) >= 11 is 16.9. The molecule has 30 heavy (non-hydrogen) atoms. The summed E-state index contributed by atoms with van der Waals surface area (Å²) in [4.78, 5) is 15.5. The van der Waals surface area contributed by atoms with Gasteiger partial charge in [0.25, 0.3) is 0 Å². The third-order valence-corrected chi connectivity index (χ3v) is 6.00. The maximum atomic E-state index is 12.9. The first kappa shape index (κ1) is 25.8. The molecule has 0 amide bonds. The molecule has 2 unspecified atom stereocenters. The van der Waals surface area contributed by atoms with Gasteiger partial charge < -0.3 is 20.7 Å². The summed E-state index contributed by atoms with van der Waals surface area (Å²) in [6.07, 6.45) is -2.53. The van der Waals surface area contributed by atoms with Gasteiger partial charge in [-0.25, -0.2) is 14.4 Å². The van der Waals surface area contributed by atoms with Gasteiger partial charge in [-0.2, -0.15) is 4.98 Å². The van der Waals surface area contributed by atoms with Crippen molar-refractivity contribution in [2.75, 3.05) is 25.5 Å². The summed E-state index contributed by atoms with van der Waals surface area (Å²) in [5.41, 5.74) is 4.67.